The van der Waals surface area contributed by atoms with Crippen LogP contribution in [0.25, 0.3) is 0 Å². The summed E-state index contributed by atoms with van der Waals surface area (Å²) in [5.41, 5.74) is 6.62. The lowest BCUT2D eigenvalue weighted by Crippen LogP contribution is -2.37. The molecule has 0 spiro atoms. The second kappa shape index (κ2) is 8.54. The van der Waals surface area contributed by atoms with E-state index in [2.05, 4.69) is 17.4 Å². The Labute approximate surface area is 131 Å². The van der Waals surface area contributed by atoms with Gasteiger partial charge < -0.3 is 11.1 Å². The number of rotatable bonds is 8. The number of nitrogens with one attached hydrogen (secondary N) is 1. The van der Waals surface area contributed by atoms with Gasteiger partial charge >= 0.3 is 0 Å². The van der Waals surface area contributed by atoms with E-state index >= 15 is 0 Å². The number of carbonyl (C=O) groups is 2. The minimum absolute atomic E-state index is 0.0323. The Morgan fingerprint density at radius 1 is 1.23 bits per heavy atom. The topological polar surface area (TPSA) is 75.4 Å². The molecular formula is C17H25N3O2. The van der Waals surface area contributed by atoms with Crippen molar-refractivity contribution in [3.05, 3.63) is 35.9 Å². The molecule has 2 rings (SSSR count). The van der Waals surface area contributed by atoms with Crippen molar-refractivity contribution in [1.29, 1.82) is 0 Å². The maximum Gasteiger partial charge on any atom is 0.234 e. The Morgan fingerprint density at radius 2 is 2.00 bits per heavy atom. The molecule has 0 bridgehead atoms. The zero-order valence-corrected chi connectivity index (χ0v) is 13.0. The summed E-state index contributed by atoms with van der Waals surface area (Å²) in [6.07, 6.45) is 3.85. The van der Waals surface area contributed by atoms with E-state index in [0.717, 1.165) is 32.2 Å². The van der Waals surface area contributed by atoms with Crippen molar-refractivity contribution in [3.63, 3.8) is 0 Å². The number of primary amides is 1. The Bertz CT molecular complexity index is 490. The molecule has 5 nitrogen and oxygen atoms in total. The molecule has 1 saturated heterocycles. The van der Waals surface area contributed by atoms with Gasteiger partial charge in [0.05, 0.1) is 12.5 Å². The lowest BCUT2D eigenvalue weighted by atomic mass is 10.1. The van der Waals surface area contributed by atoms with E-state index < -0.39 is 0 Å². The van der Waals surface area contributed by atoms with E-state index in [-0.39, 0.29) is 17.7 Å². The van der Waals surface area contributed by atoms with Crippen LogP contribution in [0.5, 0.6) is 0 Å². The monoisotopic (exact) mass is 303 g/mol. The Morgan fingerprint density at radius 3 is 2.68 bits per heavy atom. The molecule has 120 valence electrons. The first-order valence-corrected chi connectivity index (χ1v) is 7.97. The summed E-state index contributed by atoms with van der Waals surface area (Å²) in [6.45, 7) is 2.45. The highest BCUT2D eigenvalue weighted by Gasteiger charge is 2.27. The molecule has 22 heavy (non-hydrogen) atoms. The molecule has 1 aliphatic heterocycles. The SMILES string of the molecule is NC(=O)[C@H]1CCN(CC(=O)NCCCCc2ccccc2)C1. The number of carbonyl (C=O) groups excluding carboxylic acids is 2. The van der Waals surface area contributed by atoms with Crippen LogP contribution in [0.1, 0.15) is 24.8 Å². The molecule has 5 heteroatoms. The molecule has 1 fully saturated rings. The predicted octanol–water partition coefficient (Wildman–Crippen LogP) is 0.933. The zero-order valence-electron chi connectivity index (χ0n) is 13.0. The van der Waals surface area contributed by atoms with Gasteiger partial charge in [-0.15, -0.1) is 0 Å². The fourth-order valence-corrected chi connectivity index (χ4v) is 2.79. The summed E-state index contributed by atoms with van der Waals surface area (Å²) in [7, 11) is 0. The molecule has 0 aliphatic carbocycles. The second-order valence-corrected chi connectivity index (χ2v) is 5.92. The number of benzene rings is 1. The van der Waals surface area contributed by atoms with Crippen molar-refractivity contribution >= 4 is 11.8 Å². The molecule has 3 N–H and O–H groups in total. The number of nitrogens with zero attached hydrogens (tertiary/aromatic N) is 1. The minimum atomic E-state index is -0.260. The normalized spacial score (nSPS) is 18.3. The second-order valence-electron chi connectivity index (χ2n) is 5.92. The van der Waals surface area contributed by atoms with Crippen molar-refractivity contribution in [3.8, 4) is 0 Å². The molecule has 0 unspecified atom stereocenters. The molecule has 1 atom stereocenters. The van der Waals surface area contributed by atoms with Gasteiger partial charge in [0.15, 0.2) is 0 Å². The van der Waals surface area contributed by atoms with Crippen LogP contribution in [-0.4, -0.2) is 42.9 Å². The van der Waals surface area contributed by atoms with Crippen molar-refractivity contribution in [2.45, 2.75) is 25.7 Å². The smallest absolute Gasteiger partial charge is 0.234 e. The van der Waals surface area contributed by atoms with Gasteiger partial charge in [-0.1, -0.05) is 30.3 Å². The van der Waals surface area contributed by atoms with Crippen LogP contribution in [0.3, 0.4) is 0 Å². The predicted molar refractivity (Wildman–Crippen MR) is 86.1 cm³/mol. The number of nitrogens with two attached hydrogens (primary N) is 1. The van der Waals surface area contributed by atoms with Gasteiger partial charge in [0.2, 0.25) is 11.8 Å². The van der Waals surface area contributed by atoms with Gasteiger partial charge in [0.25, 0.3) is 0 Å². The number of hydrogen-bond donors (Lipinski definition) is 2. The van der Waals surface area contributed by atoms with Crippen LogP contribution in [0.2, 0.25) is 0 Å². The third-order valence-corrected chi connectivity index (χ3v) is 4.10. The van der Waals surface area contributed by atoms with Crippen LogP contribution >= 0.6 is 0 Å². The van der Waals surface area contributed by atoms with Gasteiger partial charge in [-0.25, -0.2) is 0 Å². The van der Waals surface area contributed by atoms with Crippen molar-refractivity contribution in [2.75, 3.05) is 26.2 Å². The molecule has 0 aromatic heterocycles. The molecular weight excluding hydrogens is 278 g/mol. The first kappa shape index (κ1) is 16.5. The van der Waals surface area contributed by atoms with E-state index in [1.165, 1.54) is 5.56 Å². The molecule has 0 radical (unpaired) electrons. The number of amides is 2. The number of aryl methyl sites for hydroxylation is 1. The Balaban J connectivity index is 1.54. The third kappa shape index (κ3) is 5.48. The maximum absolute atomic E-state index is 11.8. The largest absolute Gasteiger partial charge is 0.369 e. The van der Waals surface area contributed by atoms with Crippen molar-refractivity contribution in [2.24, 2.45) is 11.7 Å². The molecule has 1 aromatic carbocycles. The molecule has 1 heterocycles. The quantitative estimate of drug-likeness (QED) is 0.702. The van der Waals surface area contributed by atoms with Crippen LogP contribution in [0, 0.1) is 5.92 Å². The molecule has 2 amide bonds. The Hall–Kier alpha value is -1.88. The minimum Gasteiger partial charge on any atom is -0.369 e. The fourth-order valence-electron chi connectivity index (χ4n) is 2.79. The van der Waals surface area contributed by atoms with E-state index in [1.54, 1.807) is 0 Å². The van der Waals surface area contributed by atoms with Crippen LogP contribution < -0.4 is 11.1 Å². The first-order valence-electron chi connectivity index (χ1n) is 7.97. The van der Waals surface area contributed by atoms with Gasteiger partial charge in [-0.3, -0.25) is 14.5 Å². The molecule has 0 saturated carbocycles. The number of hydrogen-bond acceptors (Lipinski definition) is 3. The van der Waals surface area contributed by atoms with E-state index in [4.69, 9.17) is 5.73 Å². The molecule has 1 aromatic rings. The summed E-state index contributed by atoms with van der Waals surface area (Å²) < 4.78 is 0. The zero-order chi connectivity index (χ0) is 15.8. The van der Waals surface area contributed by atoms with Gasteiger partial charge in [0.1, 0.15) is 0 Å². The van der Waals surface area contributed by atoms with E-state index in [0.29, 0.717) is 19.6 Å². The maximum atomic E-state index is 11.8. The summed E-state index contributed by atoms with van der Waals surface area (Å²) >= 11 is 0. The lowest BCUT2D eigenvalue weighted by molar-refractivity contribution is -0.123. The van der Waals surface area contributed by atoms with Crippen molar-refractivity contribution < 1.29 is 9.59 Å². The average Bonchev–Trinajstić information content (AvgIpc) is 2.96. The third-order valence-electron chi connectivity index (χ3n) is 4.10. The van der Waals surface area contributed by atoms with Crippen LogP contribution in [-0.2, 0) is 16.0 Å². The number of unbranched alkanes of at least 4 members (excludes halogenated alkanes) is 1. The summed E-state index contributed by atoms with van der Waals surface area (Å²) in [6, 6.07) is 10.4. The summed E-state index contributed by atoms with van der Waals surface area (Å²) in [4.78, 5) is 24.9. The highest BCUT2D eigenvalue weighted by molar-refractivity contribution is 5.79. The van der Waals surface area contributed by atoms with Crippen molar-refractivity contribution in [1.82, 2.24) is 10.2 Å². The van der Waals surface area contributed by atoms with E-state index in [1.807, 2.05) is 23.1 Å². The van der Waals surface area contributed by atoms with Crippen LogP contribution in [0.15, 0.2) is 30.3 Å². The average molecular weight is 303 g/mol. The van der Waals surface area contributed by atoms with Gasteiger partial charge in [0, 0.05) is 13.1 Å². The van der Waals surface area contributed by atoms with Gasteiger partial charge in [-0.05, 0) is 37.8 Å². The number of likely N-dealkylation sites (tertiary alicyclic amines) is 1. The van der Waals surface area contributed by atoms with Crippen LogP contribution in [0.4, 0.5) is 0 Å². The highest BCUT2D eigenvalue weighted by Crippen LogP contribution is 2.14. The Kier molecular flexibility index (Phi) is 6.40. The lowest BCUT2D eigenvalue weighted by Gasteiger charge is -2.14. The summed E-state index contributed by atoms with van der Waals surface area (Å²) in [5.74, 6) is -0.327. The fraction of sp³-hybridized carbons (Fsp3) is 0.529. The van der Waals surface area contributed by atoms with Gasteiger partial charge in [-0.2, -0.15) is 0 Å². The van der Waals surface area contributed by atoms with E-state index in [9.17, 15) is 9.59 Å². The molecule has 1 aliphatic rings. The summed E-state index contributed by atoms with van der Waals surface area (Å²) in [5, 5.41) is 2.94. The standard InChI is InChI=1S/C17H25N3O2/c18-17(22)15-9-11-20(12-15)13-16(21)19-10-5-4-8-14-6-2-1-3-7-14/h1-3,6-7,15H,4-5,8-13H2,(H2,18,22)(H,19,21)/t15-/m0/s1. The highest BCUT2D eigenvalue weighted by atomic mass is 16.2. The first-order chi connectivity index (χ1) is 10.6.